The van der Waals surface area contributed by atoms with E-state index in [2.05, 4.69) is 62.1 Å². The zero-order valence-electron chi connectivity index (χ0n) is 20.8. The lowest BCUT2D eigenvalue weighted by Gasteiger charge is -2.34. The molecule has 0 bridgehead atoms. The molecule has 35 heavy (non-hydrogen) atoms. The van der Waals surface area contributed by atoms with Crippen molar-refractivity contribution in [1.82, 2.24) is 0 Å². The van der Waals surface area contributed by atoms with Crippen molar-refractivity contribution < 1.29 is 9.21 Å². The summed E-state index contributed by atoms with van der Waals surface area (Å²) in [5, 5.41) is 1.11. The molecule has 0 aliphatic heterocycles. The zero-order chi connectivity index (χ0) is 24.2. The number of rotatable bonds is 9. The lowest BCUT2D eigenvalue weighted by atomic mass is 9.71. The maximum atomic E-state index is 13.1. The summed E-state index contributed by atoms with van der Waals surface area (Å²) in [6.45, 7) is 6.67. The highest BCUT2D eigenvalue weighted by Gasteiger charge is 2.29. The molecule has 0 spiro atoms. The molecule has 0 saturated heterocycles. The molecular weight excluding hydrogens is 428 g/mol. The SMILES string of the molecule is C=C(C1=CC=CC1)C1CCC(C(CC)CC(=O)Cc2cccc(-c3coc4ccccc34)c2)CC1. The number of carbonyl (C=O) groups excluding carboxylic acids is 1. The van der Waals surface area contributed by atoms with Crippen molar-refractivity contribution >= 4 is 16.8 Å². The van der Waals surface area contributed by atoms with Crippen molar-refractivity contribution in [3.05, 3.63) is 96.3 Å². The summed E-state index contributed by atoms with van der Waals surface area (Å²) in [4.78, 5) is 13.1. The van der Waals surface area contributed by atoms with E-state index in [-0.39, 0.29) is 0 Å². The van der Waals surface area contributed by atoms with Crippen LogP contribution in [0.1, 0.15) is 57.4 Å². The fourth-order valence-corrected chi connectivity index (χ4v) is 6.17. The maximum Gasteiger partial charge on any atom is 0.137 e. The van der Waals surface area contributed by atoms with Gasteiger partial charge < -0.3 is 4.42 Å². The molecule has 3 aromatic rings. The predicted molar refractivity (Wildman–Crippen MR) is 145 cm³/mol. The van der Waals surface area contributed by atoms with E-state index >= 15 is 0 Å². The molecule has 2 heteroatoms. The van der Waals surface area contributed by atoms with Gasteiger partial charge in [0.2, 0.25) is 0 Å². The fourth-order valence-electron chi connectivity index (χ4n) is 6.17. The third-order valence-electron chi connectivity index (χ3n) is 8.25. The minimum Gasteiger partial charge on any atom is -0.464 e. The van der Waals surface area contributed by atoms with Gasteiger partial charge in [-0.1, -0.05) is 80.6 Å². The smallest absolute Gasteiger partial charge is 0.137 e. The molecule has 1 atom stereocenters. The number of para-hydroxylation sites is 1. The molecule has 2 nitrogen and oxygen atoms in total. The van der Waals surface area contributed by atoms with Gasteiger partial charge in [0, 0.05) is 23.8 Å². The molecule has 180 valence electrons. The molecule has 0 N–H and O–H groups in total. The quantitative estimate of drug-likeness (QED) is 0.316. The minimum atomic E-state index is 0.361. The van der Waals surface area contributed by atoms with Gasteiger partial charge in [0.25, 0.3) is 0 Å². The van der Waals surface area contributed by atoms with Gasteiger partial charge in [-0.25, -0.2) is 0 Å². The molecule has 1 fully saturated rings. The van der Waals surface area contributed by atoms with E-state index in [0.29, 0.717) is 36.4 Å². The van der Waals surface area contributed by atoms with Crippen LogP contribution in [0.2, 0.25) is 0 Å². The van der Waals surface area contributed by atoms with Crippen LogP contribution < -0.4 is 0 Å². The lowest BCUT2D eigenvalue weighted by Crippen LogP contribution is -2.25. The summed E-state index contributed by atoms with van der Waals surface area (Å²) in [5.74, 6) is 2.13. The Labute approximate surface area is 209 Å². The summed E-state index contributed by atoms with van der Waals surface area (Å²) in [5.41, 5.74) is 6.95. The van der Waals surface area contributed by atoms with Crippen molar-refractivity contribution in [2.75, 3.05) is 0 Å². The minimum absolute atomic E-state index is 0.361. The topological polar surface area (TPSA) is 30.2 Å². The number of furan rings is 1. The second-order valence-electron chi connectivity index (χ2n) is 10.4. The monoisotopic (exact) mass is 464 g/mol. The van der Waals surface area contributed by atoms with E-state index < -0.39 is 0 Å². The van der Waals surface area contributed by atoms with E-state index in [4.69, 9.17) is 4.42 Å². The number of fused-ring (bicyclic) bond motifs is 1. The fraction of sp³-hybridized carbons (Fsp3) is 0.364. The van der Waals surface area contributed by atoms with Gasteiger partial charge in [0.05, 0.1) is 6.26 Å². The number of benzene rings is 2. The summed E-state index contributed by atoms with van der Waals surface area (Å²) >= 11 is 0. The van der Waals surface area contributed by atoms with Gasteiger partial charge in [-0.05, 0) is 78.2 Å². The molecule has 1 aromatic heterocycles. The number of ketones is 1. The predicted octanol–water partition coefficient (Wildman–Crippen LogP) is 8.88. The number of Topliss-reactive ketones (excluding diaryl/α,β-unsaturated/α-hetero) is 1. The molecule has 2 aliphatic carbocycles. The Hall–Kier alpha value is -3.13. The number of carbonyl (C=O) groups is 1. The van der Waals surface area contributed by atoms with Crippen LogP contribution in [0.25, 0.3) is 22.1 Å². The van der Waals surface area contributed by atoms with Crippen LogP contribution in [0.5, 0.6) is 0 Å². The third-order valence-corrected chi connectivity index (χ3v) is 8.25. The Morgan fingerprint density at radius 3 is 2.69 bits per heavy atom. The normalized spacial score (nSPS) is 20.7. The van der Waals surface area contributed by atoms with Crippen molar-refractivity contribution in [3.8, 4) is 11.1 Å². The Balaban J connectivity index is 1.18. The first kappa shape index (κ1) is 23.6. The molecule has 5 rings (SSSR count). The Bertz CT molecular complexity index is 1260. The van der Waals surface area contributed by atoms with Gasteiger partial charge in [-0.3, -0.25) is 4.79 Å². The second-order valence-corrected chi connectivity index (χ2v) is 10.4. The largest absolute Gasteiger partial charge is 0.464 e. The average Bonchev–Trinajstić information content (AvgIpc) is 3.58. The van der Waals surface area contributed by atoms with E-state index in [1.165, 1.54) is 36.8 Å². The van der Waals surface area contributed by atoms with Crippen LogP contribution >= 0.6 is 0 Å². The molecule has 1 heterocycles. The van der Waals surface area contributed by atoms with Crippen LogP contribution in [0.3, 0.4) is 0 Å². The first-order valence-electron chi connectivity index (χ1n) is 13.2. The zero-order valence-corrected chi connectivity index (χ0v) is 20.8. The average molecular weight is 465 g/mol. The first-order valence-corrected chi connectivity index (χ1v) is 13.2. The highest BCUT2D eigenvalue weighted by Crippen LogP contribution is 2.41. The van der Waals surface area contributed by atoms with Crippen LogP contribution in [-0.4, -0.2) is 5.78 Å². The molecular formula is C33H36O2. The maximum absolute atomic E-state index is 13.1. The molecule has 2 aliphatic rings. The van der Waals surface area contributed by atoms with Crippen LogP contribution in [0.4, 0.5) is 0 Å². The Morgan fingerprint density at radius 1 is 1.09 bits per heavy atom. The van der Waals surface area contributed by atoms with Crippen molar-refractivity contribution in [3.63, 3.8) is 0 Å². The highest BCUT2D eigenvalue weighted by molar-refractivity contribution is 5.94. The third kappa shape index (κ3) is 5.27. The van der Waals surface area contributed by atoms with Crippen LogP contribution in [0.15, 0.2) is 95.2 Å². The van der Waals surface area contributed by atoms with Gasteiger partial charge >= 0.3 is 0 Å². The lowest BCUT2D eigenvalue weighted by molar-refractivity contribution is -0.119. The van der Waals surface area contributed by atoms with Crippen molar-refractivity contribution in [2.45, 2.75) is 58.3 Å². The highest BCUT2D eigenvalue weighted by atomic mass is 16.3. The van der Waals surface area contributed by atoms with Crippen LogP contribution in [0, 0.1) is 17.8 Å². The van der Waals surface area contributed by atoms with Gasteiger partial charge in [-0.2, -0.15) is 0 Å². The number of hydrogen-bond acceptors (Lipinski definition) is 2. The Kier molecular flexibility index (Phi) is 7.18. The first-order chi connectivity index (χ1) is 17.1. The number of allylic oxidation sites excluding steroid dienone is 5. The molecule has 1 unspecified atom stereocenters. The summed E-state index contributed by atoms with van der Waals surface area (Å²) in [6, 6.07) is 16.5. The van der Waals surface area contributed by atoms with Crippen molar-refractivity contribution in [2.24, 2.45) is 17.8 Å². The molecule has 2 aromatic carbocycles. The summed E-state index contributed by atoms with van der Waals surface area (Å²) < 4.78 is 5.73. The standard InChI is InChI=1S/C33H36O2/c1-3-25(28-17-15-27(16-18-28)23(2)26-10-4-5-11-26)21-30(34)20-24-9-8-12-29(19-24)32-22-35-33-14-7-6-13-31(32)33/h4-10,12-14,19,22,25,27-28H,2-3,11,15-18,20-21H2,1H3. The van der Waals surface area contributed by atoms with Gasteiger partial charge in [0.1, 0.15) is 11.4 Å². The van der Waals surface area contributed by atoms with Crippen molar-refractivity contribution in [1.29, 1.82) is 0 Å². The van der Waals surface area contributed by atoms with Crippen LogP contribution in [-0.2, 0) is 11.2 Å². The molecule has 1 saturated carbocycles. The van der Waals surface area contributed by atoms with Gasteiger partial charge in [-0.15, -0.1) is 0 Å². The Morgan fingerprint density at radius 2 is 1.91 bits per heavy atom. The van der Waals surface area contributed by atoms with Gasteiger partial charge in [0.15, 0.2) is 0 Å². The van der Waals surface area contributed by atoms with E-state index in [1.807, 2.05) is 24.5 Å². The van der Waals surface area contributed by atoms with E-state index in [1.54, 1.807) is 0 Å². The molecule has 0 amide bonds. The molecule has 0 radical (unpaired) electrons. The van der Waals surface area contributed by atoms with E-state index in [0.717, 1.165) is 40.5 Å². The summed E-state index contributed by atoms with van der Waals surface area (Å²) in [6.07, 6.45) is 16.6. The number of hydrogen-bond donors (Lipinski definition) is 0. The van der Waals surface area contributed by atoms with E-state index in [9.17, 15) is 4.79 Å². The summed E-state index contributed by atoms with van der Waals surface area (Å²) in [7, 11) is 0. The second kappa shape index (κ2) is 10.6.